The Morgan fingerprint density at radius 1 is 1.21 bits per heavy atom. The summed E-state index contributed by atoms with van der Waals surface area (Å²) in [7, 11) is 3.44. The lowest BCUT2D eigenvalue weighted by Gasteiger charge is -2.43. The largest absolute Gasteiger partial charge is 0.368 e. The number of likely N-dealkylation sites (N-methyl/N-ethyl adjacent to an activating group) is 1. The van der Waals surface area contributed by atoms with E-state index in [1.54, 1.807) is 14.1 Å². The van der Waals surface area contributed by atoms with Crippen LogP contribution < -0.4 is 11.1 Å². The van der Waals surface area contributed by atoms with Crippen molar-refractivity contribution in [2.75, 3.05) is 46.8 Å². The molecule has 0 aromatic carbocycles. The predicted molar refractivity (Wildman–Crippen MR) is 95.7 cm³/mol. The van der Waals surface area contributed by atoms with Crippen LogP contribution in [0.25, 0.3) is 0 Å². The van der Waals surface area contributed by atoms with Gasteiger partial charge in [-0.3, -0.25) is 14.5 Å². The van der Waals surface area contributed by atoms with E-state index in [0.717, 1.165) is 32.1 Å². The number of hydrogen-bond acceptors (Lipinski definition) is 4. The lowest BCUT2D eigenvalue weighted by Crippen LogP contribution is -2.61. The van der Waals surface area contributed by atoms with Crippen LogP contribution in [0.5, 0.6) is 0 Å². The fourth-order valence-electron chi connectivity index (χ4n) is 2.41. The van der Waals surface area contributed by atoms with Crippen molar-refractivity contribution in [2.45, 2.75) is 39.3 Å². The van der Waals surface area contributed by atoms with Crippen molar-refractivity contribution in [1.29, 1.82) is 0 Å². The second kappa shape index (κ2) is 8.32. The van der Waals surface area contributed by atoms with E-state index >= 15 is 0 Å². The molecule has 0 radical (unpaired) electrons. The maximum absolute atomic E-state index is 11.8. The molecule has 1 heterocycles. The van der Waals surface area contributed by atoms with Crippen LogP contribution in [0, 0.1) is 0 Å². The molecule has 0 atom stereocenters. The summed E-state index contributed by atoms with van der Waals surface area (Å²) >= 11 is 0. The van der Waals surface area contributed by atoms with Crippen molar-refractivity contribution >= 4 is 17.8 Å². The maximum atomic E-state index is 11.8. The van der Waals surface area contributed by atoms with Crippen LogP contribution in [0.4, 0.5) is 0 Å². The van der Waals surface area contributed by atoms with Crippen LogP contribution in [0.3, 0.4) is 0 Å². The summed E-state index contributed by atoms with van der Waals surface area (Å²) in [4.78, 5) is 33.6. The minimum Gasteiger partial charge on any atom is -0.368 e. The van der Waals surface area contributed by atoms with Gasteiger partial charge in [0, 0.05) is 46.3 Å². The summed E-state index contributed by atoms with van der Waals surface area (Å²) in [5, 5.41) is 3.32. The Labute approximate surface area is 145 Å². The first-order chi connectivity index (χ1) is 11.1. The number of nitrogens with one attached hydrogen (secondary N) is 1. The first kappa shape index (κ1) is 20.2. The number of carbonyl (C=O) groups excluding carboxylic acids is 2. The zero-order valence-corrected chi connectivity index (χ0v) is 15.8. The average molecular weight is 340 g/mol. The van der Waals surface area contributed by atoms with Crippen molar-refractivity contribution < 1.29 is 9.59 Å². The number of hydrogen-bond donors (Lipinski definition) is 2. The second-order valence-corrected chi connectivity index (χ2v) is 7.12. The van der Waals surface area contributed by atoms with Crippen molar-refractivity contribution in [3.8, 4) is 0 Å². The highest BCUT2D eigenvalue weighted by Crippen LogP contribution is 2.16. The minimum atomic E-state index is -0.657. The van der Waals surface area contributed by atoms with Crippen LogP contribution >= 0.6 is 0 Å². The van der Waals surface area contributed by atoms with Gasteiger partial charge in [-0.25, -0.2) is 4.99 Å². The molecule has 1 aliphatic rings. The van der Waals surface area contributed by atoms with Crippen molar-refractivity contribution in [2.24, 2.45) is 10.7 Å². The lowest BCUT2D eigenvalue weighted by molar-refractivity contribution is -0.129. The van der Waals surface area contributed by atoms with Gasteiger partial charge in [0.25, 0.3) is 0 Å². The maximum Gasteiger partial charge on any atom is 0.243 e. The molecule has 0 saturated carbocycles. The number of nitrogens with zero attached hydrogens (tertiary/aromatic N) is 4. The molecule has 0 bridgehead atoms. The van der Waals surface area contributed by atoms with Gasteiger partial charge in [-0.05, 0) is 27.7 Å². The van der Waals surface area contributed by atoms with Crippen LogP contribution in [0.2, 0.25) is 0 Å². The second-order valence-electron chi connectivity index (χ2n) is 7.12. The molecule has 0 unspecified atom stereocenters. The highest BCUT2D eigenvalue weighted by Gasteiger charge is 2.35. The summed E-state index contributed by atoms with van der Waals surface area (Å²) < 4.78 is 0. The first-order valence-corrected chi connectivity index (χ1v) is 8.36. The van der Waals surface area contributed by atoms with Gasteiger partial charge in [-0.2, -0.15) is 0 Å². The third kappa shape index (κ3) is 5.36. The van der Waals surface area contributed by atoms with Gasteiger partial charge in [0.2, 0.25) is 11.8 Å². The van der Waals surface area contributed by atoms with Gasteiger partial charge in [-0.15, -0.1) is 0 Å². The van der Waals surface area contributed by atoms with Gasteiger partial charge < -0.3 is 20.9 Å². The Balaban J connectivity index is 2.75. The van der Waals surface area contributed by atoms with Crippen LogP contribution in [0.15, 0.2) is 4.99 Å². The molecular formula is C16H32N6O2. The van der Waals surface area contributed by atoms with Crippen LogP contribution in [0.1, 0.15) is 27.7 Å². The van der Waals surface area contributed by atoms with Gasteiger partial charge >= 0.3 is 0 Å². The predicted octanol–water partition coefficient (Wildman–Crippen LogP) is -0.690. The summed E-state index contributed by atoms with van der Waals surface area (Å²) in [5.41, 5.74) is 4.84. The molecule has 0 spiro atoms. The summed E-state index contributed by atoms with van der Waals surface area (Å²) in [6, 6.07) is 0.221. The van der Waals surface area contributed by atoms with E-state index in [9.17, 15) is 9.59 Å². The number of amides is 2. The molecule has 1 aliphatic heterocycles. The highest BCUT2D eigenvalue weighted by atomic mass is 16.2. The molecule has 0 aliphatic carbocycles. The average Bonchev–Trinajstić information content (AvgIpc) is 2.50. The topological polar surface area (TPSA) is 94.3 Å². The third-order valence-electron chi connectivity index (χ3n) is 4.25. The molecule has 1 fully saturated rings. The first-order valence-electron chi connectivity index (χ1n) is 8.36. The minimum absolute atomic E-state index is 0.0356. The van der Waals surface area contributed by atoms with E-state index in [-0.39, 0.29) is 24.4 Å². The lowest BCUT2D eigenvalue weighted by atomic mass is 10.0. The molecule has 0 aromatic heterocycles. The molecule has 24 heavy (non-hydrogen) atoms. The molecular weight excluding hydrogens is 308 g/mol. The quantitative estimate of drug-likeness (QED) is 0.510. The Kier molecular flexibility index (Phi) is 7.01. The fourth-order valence-corrected chi connectivity index (χ4v) is 2.41. The monoisotopic (exact) mass is 340 g/mol. The number of carbonyl (C=O) groups is 2. The Morgan fingerprint density at radius 2 is 1.75 bits per heavy atom. The van der Waals surface area contributed by atoms with Crippen molar-refractivity contribution in [1.82, 2.24) is 20.0 Å². The molecule has 8 nitrogen and oxygen atoms in total. The zero-order valence-electron chi connectivity index (χ0n) is 15.8. The molecule has 3 N–H and O–H groups in total. The molecule has 1 saturated heterocycles. The van der Waals surface area contributed by atoms with E-state index in [2.05, 4.69) is 20.1 Å². The number of piperazine rings is 1. The molecule has 1 rings (SSSR count). The molecule has 2 amide bonds. The zero-order chi connectivity index (χ0) is 18.5. The Hall–Kier alpha value is -1.83. The van der Waals surface area contributed by atoms with Gasteiger partial charge in [0.15, 0.2) is 5.96 Å². The fraction of sp³-hybridized carbons (Fsp3) is 0.812. The molecule has 8 heteroatoms. The smallest absolute Gasteiger partial charge is 0.243 e. The summed E-state index contributed by atoms with van der Waals surface area (Å²) in [6.07, 6.45) is 0. The number of guanidine groups is 1. The number of nitrogens with two attached hydrogens (primary N) is 1. The SMILES string of the molecule is CC(C)NC(=NCC(=O)N(C)C)N1CCN(C(C)(C)C(N)=O)CC1. The van der Waals surface area contributed by atoms with Crippen molar-refractivity contribution in [3.05, 3.63) is 0 Å². The van der Waals surface area contributed by atoms with E-state index in [1.807, 2.05) is 27.7 Å². The molecule has 138 valence electrons. The van der Waals surface area contributed by atoms with Crippen LogP contribution in [-0.4, -0.2) is 90.9 Å². The number of aliphatic imine (C=N–C) groups is 1. The van der Waals surface area contributed by atoms with Crippen molar-refractivity contribution in [3.63, 3.8) is 0 Å². The standard InChI is InChI=1S/C16H32N6O2/c1-12(2)19-15(18-11-13(23)20(5)6)21-7-9-22(10-8-21)16(3,4)14(17)24/h12H,7-11H2,1-6H3,(H2,17,24)(H,18,19). The van der Waals surface area contributed by atoms with Crippen LogP contribution in [-0.2, 0) is 9.59 Å². The Bertz CT molecular complexity index is 479. The van der Waals surface area contributed by atoms with Gasteiger partial charge in [0.05, 0.1) is 5.54 Å². The Morgan fingerprint density at radius 3 is 2.17 bits per heavy atom. The normalized spacial score (nSPS) is 17.1. The molecule has 0 aromatic rings. The third-order valence-corrected chi connectivity index (χ3v) is 4.25. The number of rotatable bonds is 5. The van der Waals surface area contributed by atoms with E-state index in [0.29, 0.717) is 0 Å². The van der Waals surface area contributed by atoms with E-state index in [4.69, 9.17) is 5.73 Å². The number of primary amides is 1. The summed E-state index contributed by atoms with van der Waals surface area (Å²) in [5.74, 6) is 0.380. The summed E-state index contributed by atoms with van der Waals surface area (Å²) in [6.45, 7) is 10.8. The van der Waals surface area contributed by atoms with E-state index < -0.39 is 5.54 Å². The highest BCUT2D eigenvalue weighted by molar-refractivity contribution is 5.85. The van der Waals surface area contributed by atoms with Gasteiger partial charge in [-0.1, -0.05) is 0 Å². The van der Waals surface area contributed by atoms with E-state index in [1.165, 1.54) is 4.90 Å². The van der Waals surface area contributed by atoms with Gasteiger partial charge in [0.1, 0.15) is 6.54 Å².